The average Bonchev–Trinajstić information content (AvgIpc) is 2.47. The highest BCUT2D eigenvalue weighted by Gasteiger charge is 2.47. The number of hydrogen-bond acceptors (Lipinski definition) is 1. The molecule has 0 N–H and O–H groups in total. The van der Waals surface area contributed by atoms with Gasteiger partial charge < -0.3 is 4.74 Å². The minimum atomic E-state index is 0.140. The van der Waals surface area contributed by atoms with Crippen LogP contribution in [-0.2, 0) is 4.74 Å². The van der Waals surface area contributed by atoms with Crippen molar-refractivity contribution in [2.24, 2.45) is 5.41 Å². The maximum atomic E-state index is 6.45. The van der Waals surface area contributed by atoms with E-state index in [2.05, 4.69) is 27.7 Å². The molecule has 1 fully saturated rings. The fourth-order valence-corrected chi connectivity index (χ4v) is 4.02. The third-order valence-electron chi connectivity index (χ3n) is 5.39. The van der Waals surface area contributed by atoms with E-state index in [1.807, 2.05) is 0 Å². The number of rotatable bonds is 4. The van der Waals surface area contributed by atoms with Gasteiger partial charge in [0.1, 0.15) is 0 Å². The Morgan fingerprint density at radius 3 is 1.88 bits per heavy atom. The lowest BCUT2D eigenvalue weighted by Crippen LogP contribution is -2.49. The Labute approximate surface area is 108 Å². The number of ether oxygens (including phenoxy) is 1. The van der Waals surface area contributed by atoms with E-state index in [-0.39, 0.29) is 5.60 Å². The lowest BCUT2D eigenvalue weighted by Gasteiger charge is -2.50. The molecule has 1 heterocycles. The maximum absolute atomic E-state index is 6.45. The van der Waals surface area contributed by atoms with Gasteiger partial charge in [-0.15, -0.1) is 0 Å². The van der Waals surface area contributed by atoms with Crippen molar-refractivity contribution in [2.75, 3.05) is 6.61 Å². The highest BCUT2D eigenvalue weighted by atomic mass is 16.5. The van der Waals surface area contributed by atoms with Gasteiger partial charge in [-0.2, -0.15) is 0 Å². The van der Waals surface area contributed by atoms with Crippen LogP contribution in [0.1, 0.15) is 85.5 Å². The minimum Gasteiger partial charge on any atom is -0.374 e. The van der Waals surface area contributed by atoms with Gasteiger partial charge in [-0.1, -0.05) is 47.0 Å². The molecule has 17 heavy (non-hydrogen) atoms. The van der Waals surface area contributed by atoms with Gasteiger partial charge in [0.25, 0.3) is 0 Å². The van der Waals surface area contributed by atoms with Gasteiger partial charge in [-0.3, -0.25) is 0 Å². The van der Waals surface area contributed by atoms with Gasteiger partial charge in [0, 0.05) is 6.61 Å². The molecule has 0 saturated carbocycles. The summed E-state index contributed by atoms with van der Waals surface area (Å²) in [6, 6.07) is 0. The Hall–Kier alpha value is -0.0400. The van der Waals surface area contributed by atoms with E-state index in [4.69, 9.17) is 4.74 Å². The zero-order valence-corrected chi connectivity index (χ0v) is 12.5. The Kier molecular flexibility index (Phi) is 5.99. The molecule has 102 valence electrons. The standard InChI is InChI=1S/C16H32O/c1-5-15(6-2)13-11-9-10-12-14-17-16(15,7-3)8-4/h5-14H2,1-4H3. The summed E-state index contributed by atoms with van der Waals surface area (Å²) in [5.74, 6) is 0. The molecule has 1 saturated heterocycles. The molecule has 1 nitrogen and oxygen atoms in total. The second-order valence-electron chi connectivity index (χ2n) is 5.70. The molecule has 0 aromatic rings. The topological polar surface area (TPSA) is 9.23 Å². The summed E-state index contributed by atoms with van der Waals surface area (Å²) < 4.78 is 6.45. The Bertz CT molecular complexity index is 180. The molecular formula is C16H32O. The average molecular weight is 240 g/mol. The molecule has 0 aromatic carbocycles. The van der Waals surface area contributed by atoms with Crippen LogP contribution in [0.3, 0.4) is 0 Å². The van der Waals surface area contributed by atoms with Gasteiger partial charge in [0.15, 0.2) is 0 Å². The van der Waals surface area contributed by atoms with Crippen LogP contribution in [0.15, 0.2) is 0 Å². The minimum absolute atomic E-state index is 0.140. The molecule has 0 aliphatic carbocycles. The van der Waals surface area contributed by atoms with Crippen molar-refractivity contribution in [3.63, 3.8) is 0 Å². The predicted molar refractivity (Wildman–Crippen MR) is 75.4 cm³/mol. The predicted octanol–water partition coefficient (Wildman–Crippen LogP) is 5.33. The summed E-state index contributed by atoms with van der Waals surface area (Å²) in [4.78, 5) is 0. The Morgan fingerprint density at radius 1 is 0.765 bits per heavy atom. The third kappa shape index (κ3) is 2.86. The fraction of sp³-hybridized carbons (Fsp3) is 1.00. The van der Waals surface area contributed by atoms with Gasteiger partial charge >= 0.3 is 0 Å². The first-order valence-corrected chi connectivity index (χ1v) is 7.84. The quantitative estimate of drug-likeness (QED) is 0.645. The van der Waals surface area contributed by atoms with Crippen molar-refractivity contribution in [2.45, 2.75) is 91.1 Å². The summed E-state index contributed by atoms with van der Waals surface area (Å²) in [5, 5.41) is 0. The fourth-order valence-electron chi connectivity index (χ4n) is 4.02. The smallest absolute Gasteiger partial charge is 0.0733 e. The first-order chi connectivity index (χ1) is 8.20. The molecule has 0 unspecified atom stereocenters. The zero-order chi connectivity index (χ0) is 12.8. The maximum Gasteiger partial charge on any atom is 0.0733 e. The number of hydrogen-bond donors (Lipinski definition) is 0. The summed E-state index contributed by atoms with van der Waals surface area (Å²) in [6.45, 7) is 10.3. The molecule has 0 bridgehead atoms. The lowest BCUT2D eigenvalue weighted by molar-refractivity contribution is -0.148. The largest absolute Gasteiger partial charge is 0.374 e. The van der Waals surface area contributed by atoms with Crippen molar-refractivity contribution in [3.05, 3.63) is 0 Å². The molecule has 1 aliphatic heterocycles. The molecule has 1 heteroatoms. The Morgan fingerprint density at radius 2 is 1.35 bits per heavy atom. The van der Waals surface area contributed by atoms with E-state index in [1.54, 1.807) is 0 Å². The molecule has 0 amide bonds. The highest BCUT2D eigenvalue weighted by molar-refractivity contribution is 4.98. The molecule has 0 aromatic heterocycles. The van der Waals surface area contributed by atoms with Crippen molar-refractivity contribution in [3.8, 4) is 0 Å². The molecule has 0 spiro atoms. The van der Waals surface area contributed by atoms with Gasteiger partial charge in [-0.25, -0.2) is 0 Å². The Balaban J connectivity index is 3.01. The van der Waals surface area contributed by atoms with Crippen molar-refractivity contribution < 1.29 is 4.74 Å². The van der Waals surface area contributed by atoms with Crippen LogP contribution in [-0.4, -0.2) is 12.2 Å². The lowest BCUT2D eigenvalue weighted by atomic mass is 9.63. The summed E-state index contributed by atoms with van der Waals surface area (Å²) in [6.07, 6.45) is 11.6. The molecule has 1 rings (SSSR count). The van der Waals surface area contributed by atoms with E-state index in [0.29, 0.717) is 5.41 Å². The van der Waals surface area contributed by atoms with Crippen LogP contribution in [0.4, 0.5) is 0 Å². The van der Waals surface area contributed by atoms with Crippen LogP contribution in [0.2, 0.25) is 0 Å². The van der Waals surface area contributed by atoms with Crippen LogP contribution in [0.25, 0.3) is 0 Å². The van der Waals surface area contributed by atoms with E-state index in [1.165, 1.54) is 57.8 Å². The molecule has 0 radical (unpaired) electrons. The van der Waals surface area contributed by atoms with E-state index in [9.17, 15) is 0 Å². The second kappa shape index (κ2) is 6.78. The van der Waals surface area contributed by atoms with Crippen molar-refractivity contribution >= 4 is 0 Å². The summed E-state index contributed by atoms with van der Waals surface area (Å²) in [5.41, 5.74) is 0.557. The van der Waals surface area contributed by atoms with E-state index >= 15 is 0 Å². The second-order valence-corrected chi connectivity index (χ2v) is 5.70. The van der Waals surface area contributed by atoms with E-state index in [0.717, 1.165) is 6.61 Å². The summed E-state index contributed by atoms with van der Waals surface area (Å²) >= 11 is 0. The zero-order valence-electron chi connectivity index (χ0n) is 12.5. The third-order valence-corrected chi connectivity index (χ3v) is 5.39. The normalized spacial score (nSPS) is 24.7. The van der Waals surface area contributed by atoms with Crippen LogP contribution in [0, 0.1) is 5.41 Å². The molecule has 1 aliphatic rings. The molecular weight excluding hydrogens is 208 g/mol. The van der Waals surface area contributed by atoms with Crippen molar-refractivity contribution in [1.82, 2.24) is 0 Å². The van der Waals surface area contributed by atoms with Crippen LogP contribution in [0.5, 0.6) is 0 Å². The van der Waals surface area contributed by atoms with Crippen LogP contribution >= 0.6 is 0 Å². The highest BCUT2D eigenvalue weighted by Crippen LogP contribution is 2.49. The summed E-state index contributed by atoms with van der Waals surface area (Å²) in [7, 11) is 0. The van der Waals surface area contributed by atoms with E-state index < -0.39 is 0 Å². The monoisotopic (exact) mass is 240 g/mol. The van der Waals surface area contributed by atoms with Crippen molar-refractivity contribution in [1.29, 1.82) is 0 Å². The molecule has 0 atom stereocenters. The SMILES string of the molecule is CCC1(CC)CCCCCCOC1(CC)CC. The first kappa shape index (κ1) is 15.0. The van der Waals surface area contributed by atoms with Gasteiger partial charge in [0.2, 0.25) is 0 Å². The first-order valence-electron chi connectivity index (χ1n) is 7.84. The van der Waals surface area contributed by atoms with Crippen LogP contribution < -0.4 is 0 Å². The van der Waals surface area contributed by atoms with Gasteiger partial charge in [-0.05, 0) is 43.9 Å². The van der Waals surface area contributed by atoms with Gasteiger partial charge in [0.05, 0.1) is 5.60 Å².